The molecule has 3 rings (SSSR count). The molecule has 1 N–H and O–H groups in total. The van der Waals surface area contributed by atoms with Crippen molar-refractivity contribution in [2.75, 3.05) is 5.75 Å². The normalized spacial score (nSPS) is 34.1. The predicted octanol–water partition coefficient (Wildman–Crippen LogP) is -3.89. The number of hydrogen-bond acceptors (Lipinski definition) is 5. The van der Waals surface area contributed by atoms with Crippen LogP contribution >= 0.6 is 11.8 Å². The minimum Gasteiger partial charge on any atom is -0.543 e. The van der Waals surface area contributed by atoms with Crippen molar-refractivity contribution in [3.05, 3.63) is 11.3 Å². The van der Waals surface area contributed by atoms with Gasteiger partial charge in [-0.1, -0.05) is 0 Å². The van der Waals surface area contributed by atoms with E-state index in [9.17, 15) is 19.8 Å². The molecule has 0 unspecified atom stereocenters. The summed E-state index contributed by atoms with van der Waals surface area (Å²) >= 11 is 1.69. The summed E-state index contributed by atoms with van der Waals surface area (Å²) in [4.78, 5) is 24.5. The third-order valence-electron chi connectivity index (χ3n) is 3.99. The maximum absolute atomic E-state index is 12.0. The second-order valence-corrected chi connectivity index (χ2v) is 6.27. The quantitative estimate of drug-likeness (QED) is 0.416. The van der Waals surface area contributed by atoms with E-state index < -0.39 is 18.0 Å². The van der Waals surface area contributed by atoms with Crippen LogP contribution in [-0.2, 0) is 9.59 Å². The number of β-lactam (4-membered cyclic amide) rings is 1. The summed E-state index contributed by atoms with van der Waals surface area (Å²) in [6, 6.07) is -0.189. The average Bonchev–Trinajstić information content (AvgIpc) is 2.60. The summed E-state index contributed by atoms with van der Waals surface area (Å²) in [5, 5.41) is 20.9. The van der Waals surface area contributed by atoms with E-state index in [1.165, 1.54) is 4.90 Å². The summed E-state index contributed by atoms with van der Waals surface area (Å²) in [6.45, 7) is 1.59. The van der Waals surface area contributed by atoms with Gasteiger partial charge in [0.2, 0.25) is 5.91 Å². The van der Waals surface area contributed by atoms with Crippen molar-refractivity contribution in [3.8, 4) is 0 Å². The van der Waals surface area contributed by atoms with Gasteiger partial charge in [-0.2, -0.15) is 11.8 Å². The third-order valence-corrected chi connectivity index (χ3v) is 5.44. The van der Waals surface area contributed by atoms with Gasteiger partial charge in [0.15, 0.2) is 0 Å². The van der Waals surface area contributed by atoms with Crippen molar-refractivity contribution in [2.24, 2.45) is 5.92 Å². The number of aliphatic hydroxyl groups excluding tert-OH is 1. The van der Waals surface area contributed by atoms with Gasteiger partial charge in [0, 0.05) is 5.25 Å². The van der Waals surface area contributed by atoms with E-state index in [2.05, 4.69) is 0 Å². The summed E-state index contributed by atoms with van der Waals surface area (Å²) < 4.78 is 0. The second-order valence-electron chi connectivity index (χ2n) is 5.02. The van der Waals surface area contributed by atoms with Crippen molar-refractivity contribution in [1.82, 2.24) is 4.90 Å². The van der Waals surface area contributed by atoms with E-state index in [1.807, 2.05) is 0 Å². The number of nitrogens with zero attached hydrogens (tertiary/aromatic N) is 1. The van der Waals surface area contributed by atoms with Crippen molar-refractivity contribution in [3.63, 3.8) is 0 Å². The topological polar surface area (TPSA) is 80.7 Å². The number of aliphatic carboxylic acids is 1. The number of carbonyl (C=O) groups is 2. The molecule has 1 amide bonds. The number of carbonyl (C=O) groups excluding carboxylic acids is 2. The molecule has 0 radical (unpaired) electrons. The van der Waals surface area contributed by atoms with Gasteiger partial charge in [-0.3, -0.25) is 4.79 Å². The first-order valence-corrected chi connectivity index (χ1v) is 7.16. The van der Waals surface area contributed by atoms with Crippen LogP contribution in [0.25, 0.3) is 0 Å². The molecule has 2 fully saturated rings. The number of thioether (sulfide) groups is 1. The summed E-state index contributed by atoms with van der Waals surface area (Å²) in [6.07, 6.45) is 0.915. The van der Waals surface area contributed by atoms with Crippen LogP contribution < -0.4 is 34.7 Å². The average molecular weight is 291 g/mol. The Bertz CT molecular complexity index is 465. The first-order chi connectivity index (χ1) is 8.54. The minimum absolute atomic E-state index is 0. The predicted molar refractivity (Wildman–Crippen MR) is 63.3 cm³/mol. The zero-order valence-electron chi connectivity index (χ0n) is 11.0. The number of rotatable bonds is 2. The van der Waals surface area contributed by atoms with E-state index in [4.69, 9.17) is 0 Å². The van der Waals surface area contributed by atoms with Crippen molar-refractivity contribution in [2.45, 2.75) is 37.2 Å². The molecule has 2 saturated heterocycles. The van der Waals surface area contributed by atoms with E-state index in [1.54, 1.807) is 18.7 Å². The van der Waals surface area contributed by atoms with Crippen molar-refractivity contribution in [1.29, 1.82) is 0 Å². The molecule has 0 aromatic heterocycles. The first kappa shape index (κ1) is 15.4. The summed E-state index contributed by atoms with van der Waals surface area (Å²) in [5.74, 6) is -1.04. The van der Waals surface area contributed by atoms with Gasteiger partial charge in [0.1, 0.15) is 0 Å². The van der Waals surface area contributed by atoms with Gasteiger partial charge < -0.3 is 19.9 Å². The van der Waals surface area contributed by atoms with E-state index in [0.717, 1.165) is 17.7 Å². The smallest absolute Gasteiger partial charge is 0.543 e. The molecule has 3 heterocycles. The minimum atomic E-state index is -1.27. The second kappa shape index (κ2) is 5.41. The Hall–Kier alpha value is -0.01000. The van der Waals surface area contributed by atoms with E-state index in [0.29, 0.717) is 6.42 Å². The number of hydrogen-bond donors (Lipinski definition) is 1. The Morgan fingerprint density at radius 3 is 2.84 bits per heavy atom. The van der Waals surface area contributed by atoms with Crippen LogP contribution in [0.4, 0.5) is 0 Å². The molecule has 4 atom stereocenters. The van der Waals surface area contributed by atoms with Gasteiger partial charge in [-0.15, -0.1) is 0 Å². The summed E-state index contributed by atoms with van der Waals surface area (Å²) in [5.41, 5.74) is 0.895. The molecular formula is C12H14NNaO4S. The molecule has 0 aromatic rings. The molecule has 0 saturated carbocycles. The molecule has 3 aliphatic rings. The standard InChI is InChI=1S/C12H15NO4S.Na/c1-5(14)7-9-10-6(3-2-4-18-10)8(12(16)17)13(9)11(7)15;/h5,7,9-10,14H,2-4H2,1H3,(H,16,17);/q;+1/p-1/t5-,7-,9+,10+;/m1./s1. The van der Waals surface area contributed by atoms with Crippen molar-refractivity contribution < 1.29 is 49.4 Å². The first-order valence-electron chi connectivity index (χ1n) is 6.11. The maximum Gasteiger partial charge on any atom is 1.00 e. The fourth-order valence-corrected chi connectivity index (χ4v) is 4.75. The molecule has 0 aromatic carbocycles. The van der Waals surface area contributed by atoms with Crippen LogP contribution in [0.2, 0.25) is 0 Å². The van der Waals surface area contributed by atoms with Crippen molar-refractivity contribution >= 4 is 23.6 Å². The number of amides is 1. The monoisotopic (exact) mass is 291 g/mol. The number of carboxylic acid groups (broad SMARTS) is 1. The molecule has 0 spiro atoms. The van der Waals surface area contributed by atoms with Crippen LogP contribution in [0, 0.1) is 5.92 Å². The zero-order valence-corrected chi connectivity index (χ0v) is 13.8. The Morgan fingerprint density at radius 1 is 1.58 bits per heavy atom. The molecule has 3 aliphatic heterocycles. The molecular weight excluding hydrogens is 277 g/mol. The van der Waals surface area contributed by atoms with Crippen LogP contribution in [0.15, 0.2) is 11.3 Å². The maximum atomic E-state index is 12.0. The largest absolute Gasteiger partial charge is 1.00 e. The van der Waals surface area contributed by atoms with Crippen LogP contribution in [0.5, 0.6) is 0 Å². The van der Waals surface area contributed by atoms with Crippen LogP contribution in [0.1, 0.15) is 19.8 Å². The molecule has 19 heavy (non-hydrogen) atoms. The fraction of sp³-hybridized carbons (Fsp3) is 0.667. The Morgan fingerprint density at radius 2 is 2.26 bits per heavy atom. The molecule has 0 bridgehead atoms. The van der Waals surface area contributed by atoms with Gasteiger partial charge in [-0.05, 0) is 31.1 Å². The molecule has 5 nitrogen and oxygen atoms in total. The Labute approximate surface area is 137 Å². The van der Waals surface area contributed by atoms with Gasteiger partial charge >= 0.3 is 29.6 Å². The zero-order chi connectivity index (χ0) is 13.0. The third kappa shape index (κ3) is 2.08. The van der Waals surface area contributed by atoms with Crippen LogP contribution in [0.3, 0.4) is 0 Å². The van der Waals surface area contributed by atoms with Gasteiger partial charge in [-0.25, -0.2) is 0 Å². The Kier molecular flexibility index (Phi) is 4.38. The number of fused-ring (bicyclic) bond motifs is 3. The summed E-state index contributed by atoms with van der Waals surface area (Å²) in [7, 11) is 0. The Balaban J connectivity index is 0.00000133. The molecule has 0 aliphatic carbocycles. The fourth-order valence-electron chi connectivity index (χ4n) is 3.26. The SMILES string of the molecule is C[C@@H](O)[C@H]1C(=O)N2C(C(=O)[O-])=C3CCCS[C@@H]3[C@H]12.[Na+]. The van der Waals surface area contributed by atoms with Crippen LogP contribution in [-0.4, -0.2) is 45.0 Å². The number of carboxylic acids is 1. The van der Waals surface area contributed by atoms with E-state index in [-0.39, 0.29) is 52.5 Å². The number of aliphatic hydroxyl groups is 1. The molecule has 7 heteroatoms. The van der Waals surface area contributed by atoms with E-state index >= 15 is 0 Å². The van der Waals surface area contributed by atoms with Gasteiger partial charge in [0.05, 0.1) is 29.7 Å². The van der Waals surface area contributed by atoms with Gasteiger partial charge in [0.25, 0.3) is 0 Å². The molecule has 98 valence electrons.